The van der Waals surface area contributed by atoms with Crippen molar-refractivity contribution in [2.24, 2.45) is 5.92 Å². The van der Waals surface area contributed by atoms with Gasteiger partial charge in [-0.15, -0.1) is 0 Å². The molecule has 0 bridgehead atoms. The van der Waals surface area contributed by atoms with Gasteiger partial charge in [0.25, 0.3) is 0 Å². The molecule has 1 unspecified atom stereocenters. The fraction of sp³-hybridized carbons (Fsp3) is 0.615. The topological polar surface area (TPSA) is 16.1 Å². The standard InChI is InChI=1S/C13H16BrF3N2/c14-7-6-10-3-2-8-19(9-10)12-5-1-4-11(18-12)13(15,16)17/h1,4-5,10H,2-3,6-9H2. The summed E-state index contributed by atoms with van der Waals surface area (Å²) in [5, 5.41) is 0.932. The number of anilines is 1. The van der Waals surface area contributed by atoms with Crippen LogP contribution in [0.25, 0.3) is 0 Å². The lowest BCUT2D eigenvalue weighted by Crippen LogP contribution is -2.36. The number of nitrogens with zero attached hydrogens (tertiary/aromatic N) is 2. The minimum Gasteiger partial charge on any atom is -0.356 e. The molecule has 106 valence electrons. The fourth-order valence-corrected chi connectivity index (χ4v) is 3.07. The van der Waals surface area contributed by atoms with E-state index in [1.165, 1.54) is 6.07 Å². The van der Waals surface area contributed by atoms with Crippen molar-refractivity contribution in [3.8, 4) is 0 Å². The highest BCUT2D eigenvalue weighted by Crippen LogP contribution is 2.30. The van der Waals surface area contributed by atoms with Crippen molar-refractivity contribution >= 4 is 21.7 Å². The molecule has 2 rings (SSSR count). The van der Waals surface area contributed by atoms with Crippen molar-refractivity contribution in [3.05, 3.63) is 23.9 Å². The zero-order valence-corrected chi connectivity index (χ0v) is 12.0. The molecule has 1 fully saturated rings. The summed E-state index contributed by atoms with van der Waals surface area (Å²) in [5.74, 6) is 0.971. The van der Waals surface area contributed by atoms with Crippen molar-refractivity contribution in [2.75, 3.05) is 23.3 Å². The van der Waals surface area contributed by atoms with E-state index < -0.39 is 11.9 Å². The van der Waals surface area contributed by atoms with Gasteiger partial charge in [-0.25, -0.2) is 4.98 Å². The van der Waals surface area contributed by atoms with Gasteiger partial charge >= 0.3 is 6.18 Å². The average Bonchev–Trinajstić information content (AvgIpc) is 2.39. The summed E-state index contributed by atoms with van der Waals surface area (Å²) < 4.78 is 37.9. The van der Waals surface area contributed by atoms with Crippen LogP contribution in [0.5, 0.6) is 0 Å². The van der Waals surface area contributed by atoms with Crippen LogP contribution in [0, 0.1) is 5.92 Å². The normalized spacial score (nSPS) is 20.6. The molecule has 6 heteroatoms. The number of rotatable bonds is 3. The van der Waals surface area contributed by atoms with E-state index in [1.54, 1.807) is 6.07 Å². The maximum Gasteiger partial charge on any atom is 0.433 e. The van der Waals surface area contributed by atoms with Crippen molar-refractivity contribution in [3.63, 3.8) is 0 Å². The second kappa shape index (κ2) is 6.11. The molecule has 1 aromatic rings. The molecular weight excluding hydrogens is 321 g/mol. The minimum absolute atomic E-state index is 0.439. The van der Waals surface area contributed by atoms with Gasteiger partial charge in [-0.1, -0.05) is 22.0 Å². The summed E-state index contributed by atoms with van der Waals surface area (Å²) >= 11 is 3.42. The lowest BCUT2D eigenvalue weighted by atomic mass is 9.96. The first-order valence-corrected chi connectivity index (χ1v) is 7.48. The summed E-state index contributed by atoms with van der Waals surface area (Å²) in [6.45, 7) is 1.58. The van der Waals surface area contributed by atoms with E-state index in [2.05, 4.69) is 20.9 Å². The van der Waals surface area contributed by atoms with Crippen LogP contribution >= 0.6 is 15.9 Å². The van der Waals surface area contributed by atoms with E-state index in [0.717, 1.165) is 43.7 Å². The van der Waals surface area contributed by atoms with E-state index in [4.69, 9.17) is 0 Å². The van der Waals surface area contributed by atoms with Gasteiger partial charge in [0.2, 0.25) is 0 Å². The number of piperidine rings is 1. The highest BCUT2D eigenvalue weighted by Gasteiger charge is 2.33. The lowest BCUT2D eigenvalue weighted by molar-refractivity contribution is -0.141. The average molecular weight is 337 g/mol. The van der Waals surface area contributed by atoms with Gasteiger partial charge in [-0.2, -0.15) is 13.2 Å². The van der Waals surface area contributed by atoms with Gasteiger partial charge < -0.3 is 4.90 Å². The summed E-state index contributed by atoms with van der Waals surface area (Å²) in [7, 11) is 0. The maximum absolute atomic E-state index is 12.6. The molecule has 0 amide bonds. The lowest BCUT2D eigenvalue weighted by Gasteiger charge is -2.33. The number of pyridine rings is 1. The van der Waals surface area contributed by atoms with Crippen molar-refractivity contribution in [1.29, 1.82) is 0 Å². The molecule has 0 saturated carbocycles. The van der Waals surface area contributed by atoms with Crippen LogP contribution in [0.2, 0.25) is 0 Å². The molecule has 2 nitrogen and oxygen atoms in total. The quantitative estimate of drug-likeness (QED) is 0.772. The number of aromatic nitrogens is 1. The zero-order chi connectivity index (χ0) is 13.9. The SMILES string of the molecule is FC(F)(F)c1cccc(N2CCCC(CCBr)C2)n1. The number of hydrogen-bond acceptors (Lipinski definition) is 2. The van der Waals surface area contributed by atoms with Crippen LogP contribution in [0.15, 0.2) is 18.2 Å². The molecule has 0 aliphatic carbocycles. The Bertz CT molecular complexity index is 421. The van der Waals surface area contributed by atoms with Gasteiger partial charge in [0, 0.05) is 18.4 Å². The second-order valence-corrected chi connectivity index (χ2v) is 5.60. The Hall–Kier alpha value is -0.780. The Labute approximate surface area is 119 Å². The van der Waals surface area contributed by atoms with Gasteiger partial charge in [0.05, 0.1) is 0 Å². The number of alkyl halides is 4. The molecular formula is C13H16BrF3N2. The predicted molar refractivity (Wildman–Crippen MR) is 72.6 cm³/mol. The van der Waals surface area contributed by atoms with Crippen LogP contribution in [0.1, 0.15) is 25.0 Å². The third-order valence-corrected chi connectivity index (χ3v) is 3.84. The Morgan fingerprint density at radius 3 is 2.84 bits per heavy atom. The minimum atomic E-state index is -4.37. The van der Waals surface area contributed by atoms with Crippen LogP contribution in [0.3, 0.4) is 0 Å². The Kier molecular flexibility index (Phi) is 4.71. The van der Waals surface area contributed by atoms with Gasteiger partial charge in [-0.3, -0.25) is 0 Å². The molecule has 1 atom stereocenters. The Balaban J connectivity index is 2.13. The predicted octanol–water partition coefficient (Wildman–Crippen LogP) is 4.10. The molecule has 1 aliphatic heterocycles. The summed E-state index contributed by atoms with van der Waals surface area (Å²) in [6.07, 6.45) is -1.17. The smallest absolute Gasteiger partial charge is 0.356 e. The molecule has 19 heavy (non-hydrogen) atoms. The van der Waals surface area contributed by atoms with Gasteiger partial charge in [0.1, 0.15) is 11.5 Å². The van der Waals surface area contributed by atoms with E-state index in [0.29, 0.717) is 11.7 Å². The van der Waals surface area contributed by atoms with Crippen LogP contribution in [-0.4, -0.2) is 23.4 Å². The second-order valence-electron chi connectivity index (χ2n) is 4.81. The third kappa shape index (κ3) is 3.84. The number of hydrogen-bond donors (Lipinski definition) is 0. The highest BCUT2D eigenvalue weighted by atomic mass is 79.9. The first-order valence-electron chi connectivity index (χ1n) is 6.36. The van der Waals surface area contributed by atoms with E-state index in [-0.39, 0.29) is 0 Å². The molecule has 0 N–H and O–H groups in total. The molecule has 0 radical (unpaired) electrons. The molecule has 2 heterocycles. The fourth-order valence-electron chi connectivity index (χ4n) is 2.42. The number of halogens is 4. The molecule has 0 aromatic carbocycles. The van der Waals surface area contributed by atoms with Crippen LogP contribution in [-0.2, 0) is 6.18 Å². The first kappa shape index (κ1) is 14.6. The third-order valence-electron chi connectivity index (χ3n) is 3.39. The van der Waals surface area contributed by atoms with Crippen LogP contribution in [0.4, 0.5) is 19.0 Å². The summed E-state index contributed by atoms with van der Waals surface area (Å²) in [5.41, 5.74) is -0.812. The Morgan fingerprint density at radius 2 is 2.16 bits per heavy atom. The molecule has 1 aliphatic rings. The molecule has 1 saturated heterocycles. The van der Waals surface area contributed by atoms with Crippen molar-refractivity contribution in [1.82, 2.24) is 4.98 Å². The van der Waals surface area contributed by atoms with Crippen molar-refractivity contribution in [2.45, 2.75) is 25.4 Å². The van der Waals surface area contributed by atoms with Crippen molar-refractivity contribution < 1.29 is 13.2 Å². The van der Waals surface area contributed by atoms with Gasteiger partial charge in [-0.05, 0) is 37.3 Å². The van der Waals surface area contributed by atoms with E-state index in [1.807, 2.05) is 4.90 Å². The van der Waals surface area contributed by atoms with E-state index >= 15 is 0 Å². The summed E-state index contributed by atoms with van der Waals surface area (Å²) in [6, 6.07) is 4.11. The molecule has 1 aromatic heterocycles. The highest BCUT2D eigenvalue weighted by molar-refractivity contribution is 9.09. The maximum atomic E-state index is 12.6. The van der Waals surface area contributed by atoms with Gasteiger partial charge in [0.15, 0.2) is 0 Å². The molecule has 0 spiro atoms. The summed E-state index contributed by atoms with van der Waals surface area (Å²) in [4.78, 5) is 5.72. The monoisotopic (exact) mass is 336 g/mol. The largest absolute Gasteiger partial charge is 0.433 e. The first-order chi connectivity index (χ1) is 9.00. The zero-order valence-electron chi connectivity index (χ0n) is 10.5. The van der Waals surface area contributed by atoms with Crippen LogP contribution < -0.4 is 4.90 Å². The van der Waals surface area contributed by atoms with E-state index in [9.17, 15) is 13.2 Å². The Morgan fingerprint density at radius 1 is 1.37 bits per heavy atom.